The Morgan fingerprint density at radius 2 is 1.74 bits per heavy atom. The van der Waals surface area contributed by atoms with E-state index >= 15 is 0 Å². The summed E-state index contributed by atoms with van der Waals surface area (Å²) in [7, 11) is -2.34. The lowest BCUT2D eigenvalue weighted by molar-refractivity contribution is -0.137. The van der Waals surface area contributed by atoms with Crippen molar-refractivity contribution in [3.05, 3.63) is 48.0 Å². The summed E-state index contributed by atoms with van der Waals surface area (Å²) in [6.45, 7) is -0.320. The Hall–Kier alpha value is -3.85. The maximum Gasteiger partial charge on any atom is 0.416 e. The van der Waals surface area contributed by atoms with Crippen LogP contribution in [0.4, 0.5) is 29.3 Å². The molecule has 0 saturated heterocycles. The van der Waals surface area contributed by atoms with Crippen LogP contribution in [0.25, 0.3) is 0 Å². The van der Waals surface area contributed by atoms with Crippen molar-refractivity contribution in [3.8, 4) is 5.75 Å². The van der Waals surface area contributed by atoms with Crippen molar-refractivity contribution in [2.45, 2.75) is 11.1 Å². The van der Waals surface area contributed by atoms with Crippen molar-refractivity contribution >= 4 is 39.5 Å². The summed E-state index contributed by atoms with van der Waals surface area (Å²) in [6, 6.07) is 6.34. The van der Waals surface area contributed by atoms with Crippen molar-refractivity contribution in [1.82, 2.24) is 5.32 Å². The molecule has 0 aliphatic carbocycles. The van der Waals surface area contributed by atoms with E-state index in [2.05, 4.69) is 15.4 Å². The van der Waals surface area contributed by atoms with Crippen LogP contribution in [0.5, 0.6) is 5.75 Å². The Balaban J connectivity index is 2.37. The molecule has 2 rings (SSSR count). The number of halogens is 3. The number of alkyl halides is 3. The zero-order valence-corrected chi connectivity index (χ0v) is 18.5. The highest BCUT2D eigenvalue weighted by atomic mass is 32.2. The fourth-order valence-electron chi connectivity index (χ4n) is 2.43. The highest BCUT2D eigenvalue weighted by Gasteiger charge is 2.32. The van der Waals surface area contributed by atoms with Crippen LogP contribution in [0.2, 0.25) is 0 Å². The third kappa shape index (κ3) is 7.35. The van der Waals surface area contributed by atoms with Gasteiger partial charge in [0, 0.05) is 13.2 Å². The van der Waals surface area contributed by atoms with E-state index < -0.39 is 44.7 Å². The number of anilines is 2. The van der Waals surface area contributed by atoms with E-state index in [1.807, 2.05) is 5.32 Å². The van der Waals surface area contributed by atoms with Crippen molar-refractivity contribution in [1.29, 1.82) is 5.41 Å². The van der Waals surface area contributed by atoms with E-state index in [1.54, 1.807) is 0 Å². The lowest BCUT2D eigenvalue weighted by Crippen LogP contribution is -2.35. The van der Waals surface area contributed by atoms with Gasteiger partial charge in [-0.3, -0.25) is 15.5 Å². The van der Waals surface area contributed by atoms with Gasteiger partial charge in [0.1, 0.15) is 17.3 Å². The molecule has 34 heavy (non-hydrogen) atoms. The van der Waals surface area contributed by atoms with Crippen LogP contribution >= 0.6 is 0 Å². The van der Waals surface area contributed by atoms with E-state index in [-0.39, 0.29) is 23.7 Å². The van der Waals surface area contributed by atoms with Crippen LogP contribution in [-0.2, 0) is 30.6 Å². The van der Waals surface area contributed by atoms with Gasteiger partial charge in [-0.05, 0) is 30.3 Å². The van der Waals surface area contributed by atoms with Crippen LogP contribution in [0, 0.1) is 5.41 Å². The number of methoxy groups -OCH3 is 2. The Morgan fingerprint density at radius 1 is 1.03 bits per heavy atom. The van der Waals surface area contributed by atoms with Crippen LogP contribution in [0.3, 0.4) is 0 Å². The molecule has 0 heterocycles. The summed E-state index contributed by atoms with van der Waals surface area (Å²) >= 11 is 0. The minimum atomic E-state index is -4.77. The maximum absolute atomic E-state index is 12.9. The minimum Gasteiger partial charge on any atom is -0.453 e. The summed E-state index contributed by atoms with van der Waals surface area (Å²) in [5.41, 5.74) is -1.23. The standard InChI is InChI=1S/C19H19F3N4O7S/c1-31-10-16(27)24-14-7-6-12(9-15(14)25-17(23)26-18(28)32-2)33-34(29,30)13-5-3-4-11(8-13)19(20,21)22/h3-9H,10H2,1-2H3,(H,24,27)(H3,23,25,26,28). The Bertz CT molecular complexity index is 1190. The first kappa shape index (κ1) is 26.4. The van der Waals surface area contributed by atoms with Crippen molar-refractivity contribution in [2.24, 2.45) is 0 Å². The van der Waals surface area contributed by atoms with E-state index in [1.165, 1.54) is 13.2 Å². The minimum absolute atomic E-state index is 0.0438. The molecule has 0 aliphatic rings. The van der Waals surface area contributed by atoms with Gasteiger partial charge in [0.25, 0.3) is 0 Å². The van der Waals surface area contributed by atoms with Crippen molar-refractivity contribution < 1.29 is 44.8 Å². The molecule has 0 spiro atoms. The zero-order chi connectivity index (χ0) is 25.5. The average Bonchev–Trinajstić information content (AvgIpc) is 2.75. The van der Waals surface area contributed by atoms with E-state index in [4.69, 9.17) is 14.3 Å². The highest BCUT2D eigenvalue weighted by molar-refractivity contribution is 7.87. The molecule has 0 fully saturated rings. The van der Waals surface area contributed by atoms with Crippen LogP contribution in [-0.4, -0.2) is 47.2 Å². The fourth-order valence-corrected chi connectivity index (χ4v) is 3.40. The molecule has 0 aromatic heterocycles. The second-order valence-corrected chi connectivity index (χ2v) is 7.91. The molecule has 184 valence electrons. The molecule has 4 N–H and O–H groups in total. The molecule has 0 bridgehead atoms. The number of amides is 2. The van der Waals surface area contributed by atoms with E-state index in [9.17, 15) is 31.2 Å². The predicted octanol–water partition coefficient (Wildman–Crippen LogP) is 2.76. The predicted molar refractivity (Wildman–Crippen MR) is 113 cm³/mol. The Morgan fingerprint density at radius 3 is 2.35 bits per heavy atom. The molecule has 15 heteroatoms. The summed E-state index contributed by atoms with van der Waals surface area (Å²) in [4.78, 5) is 22.4. The van der Waals surface area contributed by atoms with Crippen molar-refractivity contribution in [3.63, 3.8) is 0 Å². The van der Waals surface area contributed by atoms with Crippen molar-refractivity contribution in [2.75, 3.05) is 31.5 Å². The number of hydrogen-bond donors (Lipinski definition) is 4. The van der Waals surface area contributed by atoms with Gasteiger partial charge in [0.2, 0.25) is 11.9 Å². The summed E-state index contributed by atoms with van der Waals surface area (Å²) < 4.78 is 77.9. The summed E-state index contributed by atoms with van der Waals surface area (Å²) in [5.74, 6) is -1.56. The number of guanidine groups is 1. The molecule has 2 aromatic carbocycles. The summed E-state index contributed by atoms with van der Waals surface area (Å²) in [6.07, 6.45) is -5.75. The maximum atomic E-state index is 12.9. The van der Waals surface area contributed by atoms with Gasteiger partial charge in [0.05, 0.1) is 24.0 Å². The first-order valence-electron chi connectivity index (χ1n) is 9.11. The Labute approximate surface area is 191 Å². The smallest absolute Gasteiger partial charge is 0.416 e. The molecule has 0 aliphatic heterocycles. The Kier molecular flexibility index (Phi) is 8.42. The van der Waals surface area contributed by atoms with Crippen LogP contribution < -0.4 is 20.1 Å². The number of alkyl carbamates (subject to hydrolysis) is 1. The molecular weight excluding hydrogens is 485 g/mol. The summed E-state index contributed by atoms with van der Waals surface area (Å²) in [5, 5.41) is 14.6. The van der Waals surface area contributed by atoms with Crippen LogP contribution in [0.1, 0.15) is 5.56 Å². The normalized spacial score (nSPS) is 11.3. The molecule has 0 atom stereocenters. The van der Waals surface area contributed by atoms with E-state index in [0.717, 1.165) is 31.4 Å². The van der Waals surface area contributed by atoms with Gasteiger partial charge in [-0.2, -0.15) is 21.6 Å². The lowest BCUT2D eigenvalue weighted by Gasteiger charge is -2.16. The third-order valence-corrected chi connectivity index (χ3v) is 5.11. The topological polar surface area (TPSA) is 156 Å². The quantitative estimate of drug-likeness (QED) is 0.255. The highest BCUT2D eigenvalue weighted by Crippen LogP contribution is 2.32. The van der Waals surface area contributed by atoms with Gasteiger partial charge in [-0.1, -0.05) is 6.07 Å². The first-order valence-corrected chi connectivity index (χ1v) is 10.5. The third-order valence-electron chi connectivity index (χ3n) is 3.87. The molecule has 2 amide bonds. The fraction of sp³-hybridized carbons (Fsp3) is 0.211. The van der Waals surface area contributed by atoms with Gasteiger partial charge in [-0.15, -0.1) is 0 Å². The van der Waals surface area contributed by atoms with Crippen LogP contribution in [0.15, 0.2) is 47.4 Å². The van der Waals surface area contributed by atoms with Gasteiger partial charge >= 0.3 is 22.4 Å². The molecular formula is C19H19F3N4O7S. The molecule has 0 unspecified atom stereocenters. The largest absolute Gasteiger partial charge is 0.453 e. The van der Waals surface area contributed by atoms with Gasteiger partial charge < -0.3 is 24.3 Å². The number of benzene rings is 2. The SMILES string of the molecule is COCC(=O)Nc1ccc(OS(=O)(=O)c2cccc(C(F)(F)F)c2)cc1NC(=N)NC(=O)OC. The molecule has 2 aromatic rings. The number of carbonyl (C=O) groups is 2. The zero-order valence-electron chi connectivity index (χ0n) is 17.6. The number of rotatable bonds is 7. The number of nitrogens with one attached hydrogen (secondary N) is 4. The van der Waals surface area contributed by atoms with Gasteiger partial charge in [-0.25, -0.2) is 4.79 Å². The second kappa shape index (κ2) is 10.8. The first-order chi connectivity index (χ1) is 15.9. The molecule has 0 radical (unpaired) electrons. The lowest BCUT2D eigenvalue weighted by atomic mass is 10.2. The number of hydrogen-bond acceptors (Lipinski definition) is 8. The monoisotopic (exact) mass is 504 g/mol. The average molecular weight is 504 g/mol. The van der Waals surface area contributed by atoms with E-state index in [0.29, 0.717) is 12.1 Å². The van der Waals surface area contributed by atoms with Gasteiger partial charge in [0.15, 0.2) is 0 Å². The molecule has 0 saturated carbocycles. The number of carbonyl (C=O) groups excluding carboxylic acids is 2. The molecule has 11 nitrogen and oxygen atoms in total. The number of ether oxygens (including phenoxy) is 2. The second-order valence-electron chi connectivity index (χ2n) is 6.37.